The van der Waals surface area contributed by atoms with Crippen molar-refractivity contribution in [2.24, 2.45) is 4.99 Å². The number of nitrogens with zero attached hydrogens (tertiary/aromatic N) is 1. The average Bonchev–Trinajstić information content (AvgIpc) is 3.28. The second-order valence-electron chi connectivity index (χ2n) is 7.17. The van der Waals surface area contributed by atoms with Gasteiger partial charge in [-0.25, -0.2) is 0 Å². The van der Waals surface area contributed by atoms with Crippen molar-refractivity contribution in [3.8, 4) is 0 Å². The molecule has 1 aromatic carbocycles. The number of benzene rings is 1. The minimum atomic E-state index is 0. The van der Waals surface area contributed by atoms with E-state index >= 15 is 0 Å². The summed E-state index contributed by atoms with van der Waals surface area (Å²) in [7, 11) is 1.81. The molecule has 5 nitrogen and oxygen atoms in total. The molecule has 0 radical (unpaired) electrons. The average molecular weight is 529 g/mol. The molecule has 1 atom stereocenters. The summed E-state index contributed by atoms with van der Waals surface area (Å²) in [5.41, 5.74) is 2.43. The molecule has 1 aromatic heterocycles. The Hall–Kier alpha value is -1.16. The van der Waals surface area contributed by atoms with Crippen LogP contribution in [0.5, 0.6) is 0 Å². The molecule has 0 aliphatic carbocycles. The van der Waals surface area contributed by atoms with Crippen LogP contribution in [0, 0.1) is 0 Å². The van der Waals surface area contributed by atoms with Crippen LogP contribution in [0.1, 0.15) is 41.7 Å². The zero-order valence-corrected chi connectivity index (χ0v) is 20.4. The zero-order chi connectivity index (χ0) is 19.6. The molecular formula is C22H32IN3O2S. The molecule has 0 amide bonds. The first-order valence-corrected chi connectivity index (χ1v) is 10.9. The second kappa shape index (κ2) is 13.2. The van der Waals surface area contributed by atoms with Gasteiger partial charge in [-0.2, -0.15) is 0 Å². The fraction of sp³-hybridized carbons (Fsp3) is 0.500. The lowest BCUT2D eigenvalue weighted by molar-refractivity contribution is -0.0390. The predicted molar refractivity (Wildman–Crippen MR) is 131 cm³/mol. The van der Waals surface area contributed by atoms with Crippen LogP contribution in [-0.2, 0) is 22.6 Å². The third-order valence-electron chi connectivity index (χ3n) is 4.93. The Morgan fingerprint density at radius 2 is 2.00 bits per heavy atom. The summed E-state index contributed by atoms with van der Waals surface area (Å²) in [5, 5.41) is 8.95. The third-order valence-corrected chi connectivity index (χ3v) is 6.04. The van der Waals surface area contributed by atoms with Crippen LogP contribution in [0.3, 0.4) is 0 Å². The molecule has 160 valence electrons. The first-order chi connectivity index (χ1) is 13.7. The molecule has 2 aromatic rings. The molecule has 0 bridgehead atoms. The number of aliphatic imine (C=N–C) groups is 1. The number of ether oxygens (including phenoxy) is 2. The lowest BCUT2D eigenvalue weighted by Gasteiger charge is -2.22. The number of guanidine groups is 1. The Kier molecular flexibility index (Phi) is 11.0. The fourth-order valence-corrected chi connectivity index (χ4v) is 4.00. The van der Waals surface area contributed by atoms with E-state index in [1.807, 2.05) is 7.05 Å². The van der Waals surface area contributed by atoms with Crippen molar-refractivity contribution in [3.05, 3.63) is 57.8 Å². The molecule has 0 spiro atoms. The molecule has 0 saturated carbocycles. The summed E-state index contributed by atoms with van der Waals surface area (Å²) in [5.74, 6) is 1.29. The van der Waals surface area contributed by atoms with Gasteiger partial charge in [-0.05, 0) is 35.4 Å². The van der Waals surface area contributed by atoms with E-state index in [9.17, 15) is 0 Å². The number of nitrogens with one attached hydrogen (secondary N) is 2. The van der Waals surface area contributed by atoms with Crippen molar-refractivity contribution in [2.45, 2.75) is 44.9 Å². The van der Waals surface area contributed by atoms with E-state index < -0.39 is 0 Å². The van der Waals surface area contributed by atoms with Crippen LogP contribution in [0.2, 0.25) is 0 Å². The van der Waals surface area contributed by atoms with E-state index in [4.69, 9.17) is 9.47 Å². The summed E-state index contributed by atoms with van der Waals surface area (Å²) >= 11 is 1.80. The predicted octanol–water partition coefficient (Wildman–Crippen LogP) is 4.53. The van der Waals surface area contributed by atoms with Gasteiger partial charge in [0.25, 0.3) is 0 Å². The maximum Gasteiger partial charge on any atom is 0.191 e. The molecule has 1 aliphatic rings. The first-order valence-electron chi connectivity index (χ1n) is 9.99. The molecule has 2 N–H and O–H groups in total. The highest BCUT2D eigenvalue weighted by Crippen LogP contribution is 2.19. The summed E-state index contributed by atoms with van der Waals surface area (Å²) in [4.78, 5) is 5.73. The van der Waals surface area contributed by atoms with Crippen molar-refractivity contribution in [1.82, 2.24) is 10.6 Å². The van der Waals surface area contributed by atoms with Gasteiger partial charge in [-0.15, -0.1) is 35.3 Å². The third kappa shape index (κ3) is 8.24. The van der Waals surface area contributed by atoms with Crippen molar-refractivity contribution in [3.63, 3.8) is 0 Å². The number of hydrogen-bond donors (Lipinski definition) is 2. The Morgan fingerprint density at radius 3 is 2.72 bits per heavy atom. The van der Waals surface area contributed by atoms with Crippen molar-refractivity contribution >= 4 is 41.3 Å². The van der Waals surface area contributed by atoms with Gasteiger partial charge in [0, 0.05) is 44.1 Å². The Morgan fingerprint density at radius 1 is 1.21 bits per heavy atom. The van der Waals surface area contributed by atoms with E-state index in [0.29, 0.717) is 18.6 Å². The number of halogens is 1. The maximum absolute atomic E-state index is 6.04. The van der Waals surface area contributed by atoms with Gasteiger partial charge < -0.3 is 20.1 Å². The normalized spacial score (nSPS) is 16.1. The highest BCUT2D eigenvalue weighted by atomic mass is 127. The summed E-state index contributed by atoms with van der Waals surface area (Å²) in [6.07, 6.45) is 2.31. The molecule has 1 saturated heterocycles. The highest BCUT2D eigenvalue weighted by molar-refractivity contribution is 14.0. The second-order valence-corrected chi connectivity index (χ2v) is 8.15. The number of thiophene rings is 1. The maximum atomic E-state index is 6.04. The van der Waals surface area contributed by atoms with Crippen LogP contribution in [-0.4, -0.2) is 38.9 Å². The van der Waals surface area contributed by atoms with Crippen molar-refractivity contribution in [1.29, 1.82) is 0 Å². The summed E-state index contributed by atoms with van der Waals surface area (Å²) in [6.45, 7) is 6.10. The lowest BCUT2D eigenvalue weighted by Crippen LogP contribution is -2.38. The molecule has 3 rings (SSSR count). The van der Waals surface area contributed by atoms with Gasteiger partial charge >= 0.3 is 0 Å². The number of hydrogen-bond acceptors (Lipinski definition) is 4. The highest BCUT2D eigenvalue weighted by Gasteiger charge is 2.14. The Labute approximate surface area is 195 Å². The zero-order valence-electron chi connectivity index (χ0n) is 17.2. The van der Waals surface area contributed by atoms with Crippen molar-refractivity contribution in [2.75, 3.05) is 26.8 Å². The van der Waals surface area contributed by atoms with Gasteiger partial charge in [-0.1, -0.05) is 37.3 Å². The van der Waals surface area contributed by atoms with E-state index in [1.54, 1.807) is 11.3 Å². The monoisotopic (exact) mass is 529 g/mol. The molecule has 1 unspecified atom stereocenters. The Balaban J connectivity index is 0.00000300. The number of rotatable bonds is 8. The molecule has 1 fully saturated rings. The van der Waals surface area contributed by atoms with Crippen LogP contribution in [0.15, 0.2) is 46.8 Å². The van der Waals surface area contributed by atoms with Crippen LogP contribution >= 0.6 is 35.3 Å². The molecule has 29 heavy (non-hydrogen) atoms. The smallest absolute Gasteiger partial charge is 0.191 e. The minimum Gasteiger partial charge on any atom is -0.381 e. The summed E-state index contributed by atoms with van der Waals surface area (Å²) in [6, 6.07) is 12.8. The molecule has 1 aliphatic heterocycles. The first kappa shape index (κ1) is 24.1. The van der Waals surface area contributed by atoms with E-state index in [2.05, 4.69) is 64.3 Å². The van der Waals surface area contributed by atoms with Crippen molar-refractivity contribution < 1.29 is 9.47 Å². The minimum absolute atomic E-state index is 0. The Bertz CT molecular complexity index is 733. The molecule has 2 heterocycles. The van der Waals surface area contributed by atoms with Gasteiger partial charge in [0.2, 0.25) is 0 Å². The van der Waals surface area contributed by atoms with Gasteiger partial charge in [0.05, 0.1) is 12.7 Å². The lowest BCUT2D eigenvalue weighted by atomic mass is 10.1. The van der Waals surface area contributed by atoms with E-state index in [-0.39, 0.29) is 24.0 Å². The fourth-order valence-electron chi connectivity index (χ4n) is 3.21. The molecule has 7 heteroatoms. The van der Waals surface area contributed by atoms with Crippen LogP contribution in [0.4, 0.5) is 0 Å². The summed E-state index contributed by atoms with van der Waals surface area (Å²) < 4.78 is 11.4. The van der Waals surface area contributed by atoms with Gasteiger partial charge in [0.1, 0.15) is 0 Å². The van der Waals surface area contributed by atoms with Crippen LogP contribution < -0.4 is 10.6 Å². The SMILES string of the molecule is CN=C(NCc1cccc(COC2CCOCC2)c1)NCC(C)c1cccs1.I. The standard InChI is InChI=1S/C22H31N3O2S.HI/c1-17(21-7-4-12-28-21)14-24-22(23-2)25-15-18-5-3-6-19(13-18)16-27-20-8-10-26-11-9-20;/h3-7,12-13,17,20H,8-11,14-16H2,1-2H3,(H2,23,24,25);1H. The quantitative estimate of drug-likeness (QED) is 0.300. The van der Waals surface area contributed by atoms with E-state index in [1.165, 1.54) is 16.0 Å². The molecular weight excluding hydrogens is 497 g/mol. The van der Waals surface area contributed by atoms with Crippen LogP contribution in [0.25, 0.3) is 0 Å². The van der Waals surface area contributed by atoms with E-state index in [0.717, 1.165) is 45.1 Å². The van der Waals surface area contributed by atoms with Gasteiger partial charge in [0.15, 0.2) is 5.96 Å². The topological polar surface area (TPSA) is 54.9 Å². The van der Waals surface area contributed by atoms with Gasteiger partial charge in [-0.3, -0.25) is 4.99 Å². The largest absolute Gasteiger partial charge is 0.381 e.